The topological polar surface area (TPSA) is 68.3 Å². The van der Waals surface area contributed by atoms with Gasteiger partial charge in [-0.15, -0.1) is 11.3 Å². The molecule has 7 heteroatoms. The van der Waals surface area contributed by atoms with Crippen LogP contribution in [0, 0.1) is 0 Å². The van der Waals surface area contributed by atoms with Crippen molar-refractivity contribution < 1.29 is 14.3 Å². The highest BCUT2D eigenvalue weighted by Gasteiger charge is 2.18. The highest BCUT2D eigenvalue weighted by atomic mass is 35.5. The second kappa shape index (κ2) is 7.97. The molecule has 1 aromatic carbocycles. The van der Waals surface area contributed by atoms with Gasteiger partial charge in [0.05, 0.1) is 34.1 Å². The second-order valence-electron chi connectivity index (χ2n) is 6.61. The lowest BCUT2D eigenvalue weighted by Gasteiger charge is -2.14. The lowest BCUT2D eigenvalue weighted by Crippen LogP contribution is -2.14. The van der Waals surface area contributed by atoms with Crippen molar-refractivity contribution in [3.63, 3.8) is 0 Å². The molecule has 0 unspecified atom stereocenters. The van der Waals surface area contributed by atoms with Crippen LogP contribution in [0.15, 0.2) is 23.6 Å². The van der Waals surface area contributed by atoms with Gasteiger partial charge in [-0.25, -0.2) is 9.78 Å². The minimum Gasteiger partial charge on any atom is -0.465 e. The van der Waals surface area contributed by atoms with E-state index in [4.69, 9.17) is 11.6 Å². The molecule has 25 heavy (non-hydrogen) atoms. The predicted octanol–water partition coefficient (Wildman–Crippen LogP) is 4.45. The zero-order valence-electron chi connectivity index (χ0n) is 14.7. The van der Waals surface area contributed by atoms with Gasteiger partial charge in [-0.1, -0.05) is 32.4 Å². The van der Waals surface area contributed by atoms with E-state index in [1.807, 2.05) is 5.38 Å². The van der Waals surface area contributed by atoms with E-state index >= 15 is 0 Å². The number of methoxy groups -OCH3 is 1. The number of carbonyl (C=O) groups excluding carboxylic acids is 2. The standard InChI is InChI=1S/C18H21ClN2O3S/c1-18(2,3)14-10-25-16(21-14)8-7-15(22)20-13-9-11(17(23)24-4)5-6-12(13)19/h5-6,9-10H,7-8H2,1-4H3,(H,20,22). The first kappa shape index (κ1) is 19.4. The third-order valence-corrected chi connectivity index (χ3v) is 4.79. The Hall–Kier alpha value is -1.92. The zero-order chi connectivity index (χ0) is 18.6. The molecular weight excluding hydrogens is 360 g/mol. The fourth-order valence-corrected chi connectivity index (χ4v) is 3.26. The molecule has 1 N–H and O–H groups in total. The Kier molecular flexibility index (Phi) is 6.19. The molecule has 2 rings (SSSR count). The van der Waals surface area contributed by atoms with Crippen LogP contribution in [-0.2, 0) is 21.4 Å². The molecule has 0 saturated heterocycles. The first-order chi connectivity index (χ1) is 11.7. The van der Waals surface area contributed by atoms with Crippen molar-refractivity contribution in [2.75, 3.05) is 12.4 Å². The van der Waals surface area contributed by atoms with Gasteiger partial charge in [0.15, 0.2) is 0 Å². The molecule has 0 aliphatic heterocycles. The van der Waals surface area contributed by atoms with Crippen LogP contribution in [0.4, 0.5) is 5.69 Å². The molecule has 0 radical (unpaired) electrons. The van der Waals surface area contributed by atoms with E-state index in [2.05, 4.69) is 35.8 Å². The number of rotatable bonds is 5. The molecule has 2 aromatic rings. The monoisotopic (exact) mass is 380 g/mol. The summed E-state index contributed by atoms with van der Waals surface area (Å²) in [6.07, 6.45) is 0.844. The van der Waals surface area contributed by atoms with Crippen LogP contribution in [0.25, 0.3) is 0 Å². The number of benzene rings is 1. The van der Waals surface area contributed by atoms with Gasteiger partial charge in [-0.3, -0.25) is 4.79 Å². The summed E-state index contributed by atoms with van der Waals surface area (Å²) in [6, 6.07) is 4.61. The van der Waals surface area contributed by atoms with Crippen molar-refractivity contribution in [3.8, 4) is 0 Å². The number of hydrogen-bond acceptors (Lipinski definition) is 5. The smallest absolute Gasteiger partial charge is 0.337 e. The Balaban J connectivity index is 1.98. The van der Waals surface area contributed by atoms with Crippen molar-refractivity contribution in [1.82, 2.24) is 4.98 Å². The molecule has 1 amide bonds. The molecule has 0 atom stereocenters. The van der Waals surface area contributed by atoms with Crippen molar-refractivity contribution in [3.05, 3.63) is 44.9 Å². The van der Waals surface area contributed by atoms with Gasteiger partial charge in [0.1, 0.15) is 0 Å². The average molecular weight is 381 g/mol. The summed E-state index contributed by atoms with van der Waals surface area (Å²) in [6.45, 7) is 6.32. The number of amides is 1. The largest absolute Gasteiger partial charge is 0.465 e. The van der Waals surface area contributed by atoms with Gasteiger partial charge in [-0.05, 0) is 18.2 Å². The van der Waals surface area contributed by atoms with E-state index in [-0.39, 0.29) is 17.7 Å². The summed E-state index contributed by atoms with van der Waals surface area (Å²) >= 11 is 7.64. The van der Waals surface area contributed by atoms with E-state index in [0.717, 1.165) is 10.7 Å². The molecule has 5 nitrogen and oxygen atoms in total. The van der Waals surface area contributed by atoms with Crippen molar-refractivity contribution >= 4 is 40.5 Å². The van der Waals surface area contributed by atoms with E-state index in [0.29, 0.717) is 22.7 Å². The molecule has 1 heterocycles. The molecule has 0 spiro atoms. The first-order valence-corrected chi connectivity index (χ1v) is 9.09. The minimum atomic E-state index is -0.482. The van der Waals surface area contributed by atoms with E-state index in [9.17, 15) is 9.59 Å². The molecule has 0 aliphatic rings. The maximum absolute atomic E-state index is 12.2. The maximum atomic E-state index is 12.2. The number of aromatic nitrogens is 1. The number of nitrogens with one attached hydrogen (secondary N) is 1. The summed E-state index contributed by atoms with van der Waals surface area (Å²) in [5.74, 6) is -0.666. The lowest BCUT2D eigenvalue weighted by atomic mass is 9.93. The number of ether oxygens (including phenoxy) is 1. The number of thiazole rings is 1. The molecule has 0 fully saturated rings. The Morgan fingerprint density at radius 2 is 2.04 bits per heavy atom. The summed E-state index contributed by atoms with van der Waals surface area (Å²) in [5.41, 5.74) is 1.75. The number of nitrogens with zero attached hydrogens (tertiary/aromatic N) is 1. The van der Waals surface area contributed by atoms with Crippen LogP contribution in [0.3, 0.4) is 0 Å². The van der Waals surface area contributed by atoms with Gasteiger partial charge in [-0.2, -0.15) is 0 Å². The highest BCUT2D eigenvalue weighted by Crippen LogP contribution is 2.26. The minimum absolute atomic E-state index is 0.00113. The zero-order valence-corrected chi connectivity index (χ0v) is 16.3. The van der Waals surface area contributed by atoms with Crippen LogP contribution < -0.4 is 5.32 Å². The number of carbonyl (C=O) groups is 2. The van der Waals surface area contributed by atoms with Gasteiger partial charge >= 0.3 is 5.97 Å². The average Bonchev–Trinajstić information content (AvgIpc) is 3.03. The van der Waals surface area contributed by atoms with Gasteiger partial charge in [0.25, 0.3) is 0 Å². The predicted molar refractivity (Wildman–Crippen MR) is 101 cm³/mol. The fourth-order valence-electron chi connectivity index (χ4n) is 2.07. The summed E-state index contributed by atoms with van der Waals surface area (Å²) < 4.78 is 4.67. The van der Waals surface area contributed by atoms with Crippen molar-refractivity contribution in [1.29, 1.82) is 0 Å². The van der Waals surface area contributed by atoms with Crippen molar-refractivity contribution in [2.45, 2.75) is 39.0 Å². The number of hydrogen-bond donors (Lipinski definition) is 1. The Morgan fingerprint density at radius 3 is 2.64 bits per heavy atom. The van der Waals surface area contributed by atoms with Crippen LogP contribution in [-0.4, -0.2) is 24.0 Å². The van der Waals surface area contributed by atoms with E-state index in [1.54, 1.807) is 23.5 Å². The molecule has 134 valence electrons. The third-order valence-electron chi connectivity index (χ3n) is 3.55. The van der Waals surface area contributed by atoms with Crippen molar-refractivity contribution in [2.24, 2.45) is 0 Å². The maximum Gasteiger partial charge on any atom is 0.337 e. The lowest BCUT2D eigenvalue weighted by molar-refractivity contribution is -0.116. The Morgan fingerprint density at radius 1 is 1.32 bits per heavy atom. The van der Waals surface area contributed by atoms with Gasteiger partial charge < -0.3 is 10.1 Å². The molecule has 1 aromatic heterocycles. The SMILES string of the molecule is COC(=O)c1ccc(Cl)c(NC(=O)CCc2nc(C(C)(C)C)cs2)c1. The number of aryl methyl sites for hydroxylation is 1. The summed E-state index contributed by atoms with van der Waals surface area (Å²) in [4.78, 5) is 28.3. The van der Waals surface area contributed by atoms with Crippen LogP contribution in [0.1, 0.15) is 48.3 Å². The van der Waals surface area contributed by atoms with E-state index in [1.165, 1.54) is 13.2 Å². The summed E-state index contributed by atoms with van der Waals surface area (Å²) in [7, 11) is 1.30. The van der Waals surface area contributed by atoms with Crippen LogP contribution in [0.5, 0.6) is 0 Å². The quantitative estimate of drug-likeness (QED) is 0.778. The normalized spacial score (nSPS) is 11.2. The van der Waals surface area contributed by atoms with Crippen LogP contribution >= 0.6 is 22.9 Å². The number of halogens is 1. The fraction of sp³-hybridized carbons (Fsp3) is 0.389. The molecule has 0 bridgehead atoms. The molecular formula is C18H21ClN2O3S. The first-order valence-electron chi connectivity index (χ1n) is 7.83. The summed E-state index contributed by atoms with van der Waals surface area (Å²) in [5, 5.41) is 6.06. The second-order valence-corrected chi connectivity index (χ2v) is 7.96. The highest BCUT2D eigenvalue weighted by molar-refractivity contribution is 7.09. The Labute approximate surface area is 156 Å². The molecule has 0 aliphatic carbocycles. The Bertz CT molecular complexity index is 781. The van der Waals surface area contributed by atoms with Gasteiger partial charge in [0.2, 0.25) is 5.91 Å². The number of anilines is 1. The van der Waals surface area contributed by atoms with Gasteiger partial charge in [0, 0.05) is 23.6 Å². The number of esters is 1. The van der Waals surface area contributed by atoms with Crippen LogP contribution in [0.2, 0.25) is 5.02 Å². The molecule has 0 saturated carbocycles. The third kappa shape index (κ3) is 5.28. The van der Waals surface area contributed by atoms with E-state index < -0.39 is 5.97 Å².